The Labute approximate surface area is 271 Å². The van der Waals surface area contributed by atoms with Crippen LogP contribution in [0.5, 0.6) is 11.5 Å². The molecule has 3 rings (SSSR count). The topological polar surface area (TPSA) is 71.1 Å². The number of alkyl halides is 7. The molecule has 0 amide bonds. The number of carbonyl (C=O) groups excluding carboxylic acids is 2. The van der Waals surface area contributed by atoms with Gasteiger partial charge in [-0.2, -0.15) is 30.7 Å². The highest BCUT2D eigenvalue weighted by atomic mass is 19.4. The molecule has 0 aliphatic heterocycles. The SMILES string of the molecule is CCCCCCC(C)OC(=O)c1ccc(-c2ccc(OC(=O)c3ccc(OCCOCC(F)(F)C(F)(F)C(F)(F)F)c(F)c3)cc2)cc1. The largest absolute Gasteiger partial charge is 0.488 e. The number of rotatable bonds is 17. The predicted octanol–water partition coefficient (Wildman–Crippen LogP) is 9.46. The van der Waals surface area contributed by atoms with Crippen molar-refractivity contribution in [1.82, 2.24) is 0 Å². The normalized spacial score (nSPS) is 12.8. The zero-order chi connectivity index (χ0) is 35.5. The van der Waals surface area contributed by atoms with Crippen molar-refractivity contribution in [2.75, 3.05) is 19.8 Å². The van der Waals surface area contributed by atoms with Crippen molar-refractivity contribution in [3.63, 3.8) is 0 Å². The summed E-state index contributed by atoms with van der Waals surface area (Å²) in [5.74, 6) is -14.6. The Morgan fingerprint density at radius 3 is 1.94 bits per heavy atom. The van der Waals surface area contributed by atoms with Gasteiger partial charge >= 0.3 is 30.0 Å². The van der Waals surface area contributed by atoms with Crippen molar-refractivity contribution in [1.29, 1.82) is 0 Å². The van der Waals surface area contributed by atoms with Crippen LogP contribution in [-0.2, 0) is 9.47 Å². The Morgan fingerprint density at radius 1 is 0.750 bits per heavy atom. The van der Waals surface area contributed by atoms with Crippen LogP contribution in [0.2, 0.25) is 0 Å². The van der Waals surface area contributed by atoms with Gasteiger partial charge in [0.15, 0.2) is 11.6 Å². The second-order valence-electron chi connectivity index (χ2n) is 10.9. The number of esters is 2. The average Bonchev–Trinajstić information content (AvgIpc) is 3.03. The highest BCUT2D eigenvalue weighted by molar-refractivity contribution is 5.91. The second kappa shape index (κ2) is 16.8. The van der Waals surface area contributed by atoms with Crippen LogP contribution in [0.1, 0.15) is 66.7 Å². The Hall–Kier alpha value is -4.20. The highest BCUT2D eigenvalue weighted by Crippen LogP contribution is 2.46. The number of carbonyl (C=O) groups is 2. The number of ether oxygens (including phenoxy) is 4. The Morgan fingerprint density at radius 2 is 1.35 bits per heavy atom. The smallest absolute Gasteiger partial charge is 0.459 e. The third-order valence-electron chi connectivity index (χ3n) is 7.04. The average molecular weight is 691 g/mol. The zero-order valence-electron chi connectivity index (χ0n) is 26.1. The molecule has 0 fully saturated rings. The maximum Gasteiger partial charge on any atom is 0.459 e. The summed E-state index contributed by atoms with van der Waals surface area (Å²) in [7, 11) is 0. The number of hydrogen-bond donors (Lipinski definition) is 0. The molecule has 0 saturated heterocycles. The molecule has 48 heavy (non-hydrogen) atoms. The van der Waals surface area contributed by atoms with Crippen LogP contribution in [-0.4, -0.2) is 55.9 Å². The first-order valence-electron chi connectivity index (χ1n) is 15.0. The van der Waals surface area contributed by atoms with E-state index in [1.165, 1.54) is 12.1 Å². The van der Waals surface area contributed by atoms with Crippen LogP contribution in [0.15, 0.2) is 66.7 Å². The molecule has 0 aliphatic rings. The van der Waals surface area contributed by atoms with Crippen LogP contribution in [0, 0.1) is 5.82 Å². The van der Waals surface area contributed by atoms with Crippen molar-refractivity contribution in [2.24, 2.45) is 0 Å². The Bertz CT molecular complexity index is 1490. The summed E-state index contributed by atoms with van der Waals surface area (Å²) in [6, 6.07) is 16.1. The molecule has 6 nitrogen and oxygen atoms in total. The first-order chi connectivity index (χ1) is 22.6. The van der Waals surface area contributed by atoms with E-state index in [4.69, 9.17) is 14.2 Å². The van der Waals surface area contributed by atoms with E-state index in [2.05, 4.69) is 11.7 Å². The van der Waals surface area contributed by atoms with Gasteiger partial charge in [-0.1, -0.05) is 50.5 Å². The molecule has 262 valence electrons. The summed E-state index contributed by atoms with van der Waals surface area (Å²) in [4.78, 5) is 25.0. The minimum Gasteiger partial charge on any atom is -0.488 e. The molecular weight excluding hydrogens is 656 g/mol. The van der Waals surface area contributed by atoms with E-state index in [1.54, 1.807) is 36.4 Å². The first kappa shape index (κ1) is 38.2. The summed E-state index contributed by atoms with van der Waals surface area (Å²) in [5, 5.41) is 0. The summed E-state index contributed by atoms with van der Waals surface area (Å²) >= 11 is 0. The maximum atomic E-state index is 14.4. The van der Waals surface area contributed by atoms with Gasteiger partial charge in [-0.15, -0.1) is 0 Å². The van der Waals surface area contributed by atoms with Gasteiger partial charge in [0, 0.05) is 0 Å². The van der Waals surface area contributed by atoms with E-state index in [9.17, 15) is 44.7 Å². The highest BCUT2D eigenvalue weighted by Gasteiger charge is 2.73. The third kappa shape index (κ3) is 10.4. The fourth-order valence-corrected chi connectivity index (χ4v) is 4.30. The van der Waals surface area contributed by atoms with Crippen molar-refractivity contribution >= 4 is 11.9 Å². The third-order valence-corrected chi connectivity index (χ3v) is 7.04. The minimum atomic E-state index is -6.48. The van der Waals surface area contributed by atoms with Crippen molar-refractivity contribution < 1.29 is 63.7 Å². The van der Waals surface area contributed by atoms with Gasteiger partial charge in [0.05, 0.1) is 23.8 Å². The monoisotopic (exact) mass is 690 g/mol. The van der Waals surface area contributed by atoms with Crippen molar-refractivity contribution in [2.45, 2.75) is 70.1 Å². The minimum absolute atomic E-state index is 0.141. The molecule has 0 aliphatic carbocycles. The molecule has 1 unspecified atom stereocenters. The number of halogens is 8. The lowest BCUT2D eigenvalue weighted by Crippen LogP contribution is -2.54. The van der Waals surface area contributed by atoms with E-state index < -0.39 is 61.3 Å². The van der Waals surface area contributed by atoms with Crippen LogP contribution in [0.4, 0.5) is 35.1 Å². The van der Waals surface area contributed by atoms with Gasteiger partial charge < -0.3 is 18.9 Å². The maximum absolute atomic E-state index is 14.4. The summed E-state index contributed by atoms with van der Waals surface area (Å²) in [6.07, 6.45) is -1.50. The molecule has 0 aromatic heterocycles. The molecule has 1 atom stereocenters. The van der Waals surface area contributed by atoms with E-state index in [0.29, 0.717) is 5.56 Å². The molecule has 14 heteroatoms. The Kier molecular flexibility index (Phi) is 13.4. The van der Waals surface area contributed by atoms with Crippen LogP contribution in [0.25, 0.3) is 11.1 Å². The molecule has 0 spiro atoms. The van der Waals surface area contributed by atoms with Crippen molar-refractivity contribution in [3.8, 4) is 22.6 Å². The van der Waals surface area contributed by atoms with Gasteiger partial charge in [0.1, 0.15) is 19.0 Å². The molecule has 0 N–H and O–H groups in total. The molecule has 3 aromatic carbocycles. The quantitative estimate of drug-likeness (QED) is 0.0609. The zero-order valence-corrected chi connectivity index (χ0v) is 26.1. The van der Waals surface area contributed by atoms with E-state index in [1.807, 2.05) is 6.92 Å². The van der Waals surface area contributed by atoms with Gasteiger partial charge in [-0.3, -0.25) is 0 Å². The lowest BCUT2D eigenvalue weighted by Gasteiger charge is -2.27. The number of unbranched alkanes of at least 4 members (excludes halogenated alkanes) is 3. The second-order valence-corrected chi connectivity index (χ2v) is 10.9. The van der Waals surface area contributed by atoms with E-state index >= 15 is 0 Å². The predicted molar refractivity (Wildman–Crippen MR) is 159 cm³/mol. The number of benzene rings is 3. The molecule has 3 aromatic rings. The fraction of sp³-hybridized carbons (Fsp3) is 0.412. The van der Waals surface area contributed by atoms with Crippen LogP contribution >= 0.6 is 0 Å². The Balaban J connectivity index is 1.48. The lowest BCUT2D eigenvalue weighted by atomic mass is 10.0. The molecular formula is C34H34F8O6. The van der Waals surface area contributed by atoms with Gasteiger partial charge in [-0.25, -0.2) is 14.0 Å². The number of hydrogen-bond acceptors (Lipinski definition) is 6. The fourth-order valence-electron chi connectivity index (χ4n) is 4.30. The molecule has 0 radical (unpaired) electrons. The molecule has 0 bridgehead atoms. The lowest BCUT2D eigenvalue weighted by molar-refractivity contribution is -0.361. The van der Waals surface area contributed by atoms with Gasteiger partial charge in [0.25, 0.3) is 0 Å². The summed E-state index contributed by atoms with van der Waals surface area (Å²) < 4.78 is 123. The summed E-state index contributed by atoms with van der Waals surface area (Å²) in [5.41, 5.74) is 1.74. The molecule has 0 heterocycles. The van der Waals surface area contributed by atoms with Crippen LogP contribution < -0.4 is 9.47 Å². The standard InChI is InChI=1S/C34H34F8O6/c1-3-4-5-6-7-22(2)47-30(43)25-10-8-23(9-11-25)24-12-15-27(16-13-24)48-31(44)26-14-17-29(28(35)20-26)46-19-18-45-21-32(36,37)33(38,39)34(40,41)42/h8-17,20,22H,3-7,18-19,21H2,1-2H3. The van der Waals surface area contributed by atoms with E-state index in [0.717, 1.165) is 61.4 Å². The first-order valence-corrected chi connectivity index (χ1v) is 15.0. The molecule has 0 saturated carbocycles. The van der Waals surface area contributed by atoms with Gasteiger partial charge in [-0.05, 0) is 73.4 Å². The van der Waals surface area contributed by atoms with Crippen LogP contribution in [0.3, 0.4) is 0 Å². The summed E-state index contributed by atoms with van der Waals surface area (Å²) in [6.45, 7) is 0.211. The van der Waals surface area contributed by atoms with Gasteiger partial charge in [0.2, 0.25) is 0 Å². The van der Waals surface area contributed by atoms with Crippen molar-refractivity contribution in [3.05, 3.63) is 83.7 Å². The van der Waals surface area contributed by atoms with E-state index in [-0.39, 0.29) is 17.4 Å².